The molecule has 1 aromatic carbocycles. The van der Waals surface area contributed by atoms with Crippen LogP contribution in [0.25, 0.3) is 0 Å². The Morgan fingerprint density at radius 1 is 1.29 bits per heavy atom. The number of hydrogen-bond donors (Lipinski definition) is 2. The van der Waals surface area contributed by atoms with Crippen LogP contribution >= 0.6 is 15.9 Å². The molecular weight excluding hydrogens is 280 g/mol. The second kappa shape index (κ2) is 6.02. The number of anilines is 1. The van der Waals surface area contributed by atoms with Crippen LogP contribution in [0.15, 0.2) is 22.7 Å². The Morgan fingerprint density at radius 2 is 1.94 bits per heavy atom. The van der Waals surface area contributed by atoms with E-state index >= 15 is 0 Å². The van der Waals surface area contributed by atoms with Crippen molar-refractivity contribution in [2.45, 2.75) is 0 Å². The van der Waals surface area contributed by atoms with E-state index in [-0.39, 0.29) is 5.84 Å². The molecule has 1 rings (SSSR count). The van der Waals surface area contributed by atoms with E-state index in [4.69, 9.17) is 11.1 Å². The second-order valence-corrected chi connectivity index (χ2v) is 5.22. The van der Waals surface area contributed by atoms with Crippen molar-refractivity contribution in [1.29, 1.82) is 5.41 Å². The third-order valence-corrected chi connectivity index (χ3v) is 3.04. The highest BCUT2D eigenvalue weighted by molar-refractivity contribution is 9.10. The Hall–Kier alpha value is -1.07. The number of nitrogen functional groups attached to an aromatic ring is 1. The van der Waals surface area contributed by atoms with Crippen LogP contribution < -0.4 is 10.6 Å². The number of nitrogens with one attached hydrogen (secondary N) is 1. The molecule has 0 aliphatic rings. The normalized spacial score (nSPS) is 10.6. The van der Waals surface area contributed by atoms with Gasteiger partial charge in [-0.05, 0) is 32.3 Å². The van der Waals surface area contributed by atoms with E-state index in [9.17, 15) is 0 Å². The van der Waals surface area contributed by atoms with Crippen LogP contribution in [0.3, 0.4) is 0 Å². The van der Waals surface area contributed by atoms with Crippen LogP contribution in [0.4, 0.5) is 5.69 Å². The third kappa shape index (κ3) is 4.02. The quantitative estimate of drug-likeness (QED) is 0.643. The van der Waals surface area contributed by atoms with E-state index in [2.05, 4.69) is 25.7 Å². The van der Waals surface area contributed by atoms with Crippen molar-refractivity contribution in [1.82, 2.24) is 4.90 Å². The zero-order chi connectivity index (χ0) is 13.0. The maximum atomic E-state index is 7.58. The predicted molar refractivity (Wildman–Crippen MR) is 77.0 cm³/mol. The Labute approximate surface area is 111 Å². The molecule has 0 saturated carbocycles. The molecule has 0 fully saturated rings. The standard InChI is InChI=1S/C12H19BrN4/c1-16(2)6-7-17(3)11-8-9(13)4-5-10(11)12(14)15/h4-5,8H,6-7H2,1-3H3,(H3,14,15). The molecule has 0 bridgehead atoms. The largest absolute Gasteiger partial charge is 0.384 e. The number of amidine groups is 1. The molecule has 0 amide bonds. The van der Waals surface area contributed by atoms with Gasteiger partial charge in [-0.1, -0.05) is 15.9 Å². The highest BCUT2D eigenvalue weighted by Gasteiger charge is 2.10. The van der Waals surface area contributed by atoms with Gasteiger partial charge < -0.3 is 15.5 Å². The number of nitrogens with zero attached hydrogens (tertiary/aromatic N) is 2. The zero-order valence-corrected chi connectivity index (χ0v) is 12.1. The average molecular weight is 299 g/mol. The van der Waals surface area contributed by atoms with Crippen molar-refractivity contribution in [2.24, 2.45) is 5.73 Å². The molecule has 4 nitrogen and oxygen atoms in total. The molecule has 17 heavy (non-hydrogen) atoms. The number of halogens is 1. The lowest BCUT2D eigenvalue weighted by molar-refractivity contribution is 0.416. The van der Waals surface area contributed by atoms with Crippen LogP contribution in [0.1, 0.15) is 5.56 Å². The SMILES string of the molecule is CN(C)CCN(C)c1cc(Br)ccc1C(=N)N. The average Bonchev–Trinajstić information content (AvgIpc) is 2.25. The van der Waals surface area contributed by atoms with Crippen LogP contribution in [0, 0.1) is 5.41 Å². The molecule has 0 radical (unpaired) electrons. The molecule has 0 atom stereocenters. The van der Waals surface area contributed by atoms with Crippen molar-refractivity contribution in [3.8, 4) is 0 Å². The van der Waals surface area contributed by atoms with Gasteiger partial charge in [-0.3, -0.25) is 5.41 Å². The lowest BCUT2D eigenvalue weighted by atomic mass is 10.1. The van der Waals surface area contributed by atoms with Crippen molar-refractivity contribution in [3.63, 3.8) is 0 Å². The molecule has 0 aliphatic heterocycles. The number of nitrogens with two attached hydrogens (primary N) is 1. The van der Waals surface area contributed by atoms with Crippen LogP contribution in [0.2, 0.25) is 0 Å². The fourth-order valence-electron chi connectivity index (χ4n) is 1.52. The topological polar surface area (TPSA) is 56.4 Å². The molecular formula is C12H19BrN4. The molecule has 1 aromatic rings. The predicted octanol–water partition coefficient (Wildman–Crippen LogP) is 1.73. The van der Waals surface area contributed by atoms with Gasteiger partial charge in [0.25, 0.3) is 0 Å². The molecule has 0 spiro atoms. The summed E-state index contributed by atoms with van der Waals surface area (Å²) in [5, 5.41) is 7.58. The highest BCUT2D eigenvalue weighted by atomic mass is 79.9. The highest BCUT2D eigenvalue weighted by Crippen LogP contribution is 2.24. The first-order chi connectivity index (χ1) is 7.91. The summed E-state index contributed by atoms with van der Waals surface area (Å²) in [7, 11) is 6.10. The zero-order valence-electron chi connectivity index (χ0n) is 10.5. The molecule has 3 N–H and O–H groups in total. The van der Waals surface area contributed by atoms with Gasteiger partial charge in [0.1, 0.15) is 5.84 Å². The van der Waals surface area contributed by atoms with Gasteiger partial charge in [0, 0.05) is 35.9 Å². The smallest absolute Gasteiger partial charge is 0.124 e. The first-order valence-corrected chi connectivity index (χ1v) is 6.21. The summed E-state index contributed by atoms with van der Waals surface area (Å²) in [5.74, 6) is 0.101. The molecule has 0 saturated heterocycles. The molecule has 94 valence electrons. The van der Waals surface area contributed by atoms with E-state index in [0.29, 0.717) is 0 Å². The number of benzene rings is 1. The maximum Gasteiger partial charge on any atom is 0.124 e. The minimum atomic E-state index is 0.101. The van der Waals surface area contributed by atoms with Gasteiger partial charge in [-0.2, -0.15) is 0 Å². The van der Waals surface area contributed by atoms with Crippen molar-refractivity contribution >= 4 is 27.5 Å². The van der Waals surface area contributed by atoms with Crippen LogP contribution in [0.5, 0.6) is 0 Å². The van der Waals surface area contributed by atoms with E-state index < -0.39 is 0 Å². The number of rotatable bonds is 5. The van der Waals surface area contributed by atoms with Gasteiger partial charge in [0.05, 0.1) is 0 Å². The summed E-state index contributed by atoms with van der Waals surface area (Å²) in [6.07, 6.45) is 0. The summed E-state index contributed by atoms with van der Waals surface area (Å²) in [4.78, 5) is 4.24. The molecule has 0 aromatic heterocycles. The Morgan fingerprint density at radius 3 is 2.47 bits per heavy atom. The minimum Gasteiger partial charge on any atom is -0.384 e. The van der Waals surface area contributed by atoms with Gasteiger partial charge in [0.15, 0.2) is 0 Å². The van der Waals surface area contributed by atoms with Gasteiger partial charge in [-0.15, -0.1) is 0 Å². The molecule has 5 heteroatoms. The summed E-state index contributed by atoms with van der Waals surface area (Å²) < 4.78 is 0.995. The summed E-state index contributed by atoms with van der Waals surface area (Å²) >= 11 is 3.45. The van der Waals surface area contributed by atoms with Crippen LogP contribution in [-0.2, 0) is 0 Å². The van der Waals surface area contributed by atoms with E-state index in [1.54, 1.807) is 0 Å². The lowest BCUT2D eigenvalue weighted by Crippen LogP contribution is -2.30. The summed E-state index contributed by atoms with van der Waals surface area (Å²) in [6, 6.07) is 5.76. The minimum absolute atomic E-state index is 0.101. The van der Waals surface area contributed by atoms with E-state index in [1.165, 1.54) is 0 Å². The van der Waals surface area contributed by atoms with Crippen molar-refractivity contribution < 1.29 is 0 Å². The Bertz CT molecular complexity index is 403. The molecule has 0 heterocycles. The van der Waals surface area contributed by atoms with Gasteiger partial charge in [-0.25, -0.2) is 0 Å². The molecule has 0 unspecified atom stereocenters. The van der Waals surface area contributed by atoms with Crippen molar-refractivity contribution in [3.05, 3.63) is 28.2 Å². The summed E-state index contributed by atoms with van der Waals surface area (Å²) in [5.41, 5.74) is 7.34. The van der Waals surface area contributed by atoms with Crippen LogP contribution in [-0.4, -0.2) is 45.0 Å². The fourth-order valence-corrected chi connectivity index (χ4v) is 1.87. The van der Waals surface area contributed by atoms with Crippen molar-refractivity contribution in [2.75, 3.05) is 39.1 Å². The van der Waals surface area contributed by atoms with E-state index in [1.807, 2.05) is 39.3 Å². The summed E-state index contributed by atoms with van der Waals surface area (Å²) in [6.45, 7) is 1.85. The number of hydrogen-bond acceptors (Lipinski definition) is 3. The maximum absolute atomic E-state index is 7.58. The third-order valence-electron chi connectivity index (χ3n) is 2.54. The lowest BCUT2D eigenvalue weighted by Gasteiger charge is -2.24. The first-order valence-electron chi connectivity index (χ1n) is 5.41. The number of likely N-dealkylation sites (N-methyl/N-ethyl adjacent to an activating group) is 2. The van der Waals surface area contributed by atoms with Gasteiger partial charge >= 0.3 is 0 Å². The second-order valence-electron chi connectivity index (χ2n) is 4.30. The first kappa shape index (κ1) is 14.0. The Balaban J connectivity index is 2.94. The monoisotopic (exact) mass is 298 g/mol. The van der Waals surface area contributed by atoms with Gasteiger partial charge in [0.2, 0.25) is 0 Å². The Kier molecular flexibility index (Phi) is 4.96. The molecule has 0 aliphatic carbocycles. The van der Waals surface area contributed by atoms with E-state index in [0.717, 1.165) is 28.8 Å². The fraction of sp³-hybridized carbons (Fsp3) is 0.417.